The van der Waals surface area contributed by atoms with Crippen molar-refractivity contribution in [1.82, 2.24) is 0 Å². The Hall–Kier alpha value is -1.34. The molecule has 1 aromatic heterocycles. The highest BCUT2D eigenvalue weighted by atomic mass is 32.9. The highest BCUT2D eigenvalue weighted by Crippen LogP contribution is 2.41. The quantitative estimate of drug-likeness (QED) is 0.411. The molecule has 0 N–H and O–H groups in total. The predicted molar refractivity (Wildman–Crippen MR) is 106 cm³/mol. The Labute approximate surface area is 154 Å². The molecular formula is C18H16O2S4. The summed E-state index contributed by atoms with van der Waals surface area (Å²) < 4.78 is 24.1. The van der Waals surface area contributed by atoms with Gasteiger partial charge in [-0.25, -0.2) is 8.42 Å². The summed E-state index contributed by atoms with van der Waals surface area (Å²) in [6.07, 6.45) is 1.22. The van der Waals surface area contributed by atoms with Crippen LogP contribution >= 0.6 is 32.9 Å². The van der Waals surface area contributed by atoms with Crippen LogP contribution in [0.5, 0.6) is 0 Å². The van der Waals surface area contributed by atoms with Gasteiger partial charge in [-0.1, -0.05) is 74.4 Å². The molecular weight excluding hydrogens is 376 g/mol. The topological polar surface area (TPSA) is 34.1 Å². The first-order valence-corrected chi connectivity index (χ1v) is 11.7. The summed E-state index contributed by atoms with van der Waals surface area (Å²) >= 11 is 5.56. The molecule has 0 aliphatic rings. The van der Waals surface area contributed by atoms with Gasteiger partial charge in [-0.05, 0) is 37.1 Å². The zero-order chi connectivity index (χ0) is 17.5. The molecule has 2 nitrogen and oxygen atoms in total. The van der Waals surface area contributed by atoms with Crippen molar-refractivity contribution in [2.24, 2.45) is 0 Å². The van der Waals surface area contributed by atoms with Crippen LogP contribution in [0.25, 0.3) is 21.6 Å². The minimum absolute atomic E-state index is 0.332. The van der Waals surface area contributed by atoms with Gasteiger partial charge in [0.05, 0.1) is 9.77 Å². The van der Waals surface area contributed by atoms with Gasteiger partial charge < -0.3 is 0 Å². The normalized spacial score (nSPS) is 11.6. The molecule has 3 aromatic rings. The van der Waals surface area contributed by atoms with E-state index >= 15 is 0 Å². The maximum absolute atomic E-state index is 11.6. The van der Waals surface area contributed by atoms with E-state index in [2.05, 4.69) is 32.0 Å². The summed E-state index contributed by atoms with van der Waals surface area (Å²) in [5.74, 6) is 0. The second-order valence-electron chi connectivity index (χ2n) is 5.83. The summed E-state index contributed by atoms with van der Waals surface area (Å²) in [5, 5.41) is 0. The molecule has 0 radical (unpaired) electrons. The molecule has 0 atom stereocenters. The number of hydrogen-bond donors (Lipinski definition) is 0. The fourth-order valence-electron chi connectivity index (χ4n) is 2.67. The van der Waals surface area contributed by atoms with Crippen molar-refractivity contribution < 1.29 is 8.42 Å². The van der Waals surface area contributed by atoms with Crippen molar-refractivity contribution >= 4 is 42.7 Å². The summed E-state index contributed by atoms with van der Waals surface area (Å²) in [5.41, 5.74) is 5.59. The molecule has 0 amide bonds. The first-order chi connectivity index (χ1) is 11.3. The lowest BCUT2D eigenvalue weighted by molar-refractivity contribution is 0.602. The third-order valence-corrected chi connectivity index (χ3v) is 7.88. The van der Waals surface area contributed by atoms with Crippen LogP contribution in [0.1, 0.15) is 11.1 Å². The van der Waals surface area contributed by atoms with Crippen molar-refractivity contribution in [3.05, 3.63) is 57.4 Å². The largest absolute Gasteiger partial charge is 0.224 e. The van der Waals surface area contributed by atoms with E-state index in [1.165, 1.54) is 17.4 Å². The summed E-state index contributed by atoms with van der Waals surface area (Å²) in [4.78, 5) is 1.42. The average molecular weight is 393 g/mol. The van der Waals surface area contributed by atoms with E-state index in [1.807, 2.05) is 12.1 Å². The van der Waals surface area contributed by atoms with Crippen LogP contribution in [0, 0.1) is 17.7 Å². The van der Waals surface area contributed by atoms with E-state index in [0.717, 1.165) is 25.4 Å². The zero-order valence-corrected chi connectivity index (χ0v) is 16.8. The van der Waals surface area contributed by atoms with Gasteiger partial charge in [-0.15, -0.1) is 0 Å². The van der Waals surface area contributed by atoms with Crippen molar-refractivity contribution in [2.45, 2.75) is 18.7 Å². The molecule has 24 heavy (non-hydrogen) atoms. The molecule has 0 aliphatic heterocycles. The molecule has 6 heteroatoms. The number of hydrogen-bond acceptors (Lipinski definition) is 5. The monoisotopic (exact) mass is 392 g/mol. The van der Waals surface area contributed by atoms with Crippen molar-refractivity contribution in [3.8, 4) is 21.6 Å². The van der Waals surface area contributed by atoms with Gasteiger partial charge in [0.15, 0.2) is 9.84 Å². The van der Waals surface area contributed by atoms with Crippen molar-refractivity contribution in [2.75, 3.05) is 6.26 Å². The van der Waals surface area contributed by atoms with Crippen LogP contribution in [0.2, 0.25) is 0 Å². The number of sulfone groups is 1. The Bertz CT molecular complexity index is 1030. The second-order valence-corrected chi connectivity index (χ2v) is 10.7. The van der Waals surface area contributed by atoms with Gasteiger partial charge in [0.1, 0.15) is 3.82 Å². The number of benzene rings is 2. The molecule has 0 saturated heterocycles. The Kier molecular flexibility index (Phi) is 4.75. The highest BCUT2D eigenvalue weighted by Gasteiger charge is 2.15. The van der Waals surface area contributed by atoms with E-state index in [9.17, 15) is 8.42 Å². The minimum atomic E-state index is -3.18. The Balaban J connectivity index is 2.16. The molecule has 0 spiro atoms. The second kappa shape index (κ2) is 6.52. The van der Waals surface area contributed by atoms with E-state index in [-0.39, 0.29) is 0 Å². The highest BCUT2D eigenvalue weighted by molar-refractivity contribution is 7.90. The van der Waals surface area contributed by atoms with Crippen LogP contribution in [0.15, 0.2) is 47.4 Å². The average Bonchev–Trinajstić information content (AvgIpc) is 2.87. The lowest BCUT2D eigenvalue weighted by Crippen LogP contribution is -1.96. The third kappa shape index (κ3) is 3.52. The van der Waals surface area contributed by atoms with Crippen LogP contribution < -0.4 is 0 Å². The van der Waals surface area contributed by atoms with Gasteiger partial charge >= 0.3 is 0 Å². The molecule has 0 fully saturated rings. The molecule has 3 rings (SSSR count). The summed E-state index contributed by atoms with van der Waals surface area (Å²) in [6.45, 7) is 4.16. The number of aryl methyl sites for hydroxylation is 2. The lowest BCUT2D eigenvalue weighted by atomic mass is 10.00. The Morgan fingerprint density at radius 1 is 0.875 bits per heavy atom. The molecule has 0 saturated carbocycles. The van der Waals surface area contributed by atoms with Crippen LogP contribution in [0.4, 0.5) is 0 Å². The zero-order valence-electron chi connectivity index (χ0n) is 13.5. The van der Waals surface area contributed by atoms with Crippen LogP contribution in [0.3, 0.4) is 0 Å². The van der Waals surface area contributed by atoms with Gasteiger partial charge in [0.25, 0.3) is 0 Å². The van der Waals surface area contributed by atoms with E-state index in [1.54, 1.807) is 32.8 Å². The number of rotatable bonds is 3. The maximum Gasteiger partial charge on any atom is 0.175 e. The summed E-state index contributed by atoms with van der Waals surface area (Å²) in [7, 11) is 0.0330. The maximum atomic E-state index is 11.6. The molecule has 124 valence electrons. The molecule has 2 aromatic carbocycles. The third-order valence-electron chi connectivity index (χ3n) is 3.69. The molecule has 0 aliphatic carbocycles. The van der Waals surface area contributed by atoms with E-state index in [0.29, 0.717) is 4.90 Å². The predicted octanol–water partition coefficient (Wildman–Crippen LogP) is 5.89. The SMILES string of the molecule is Cc1cc(C)cc(-c2c(-c3ccc(S(C)(=O)=O)cc3)ssc2=S)c1. The van der Waals surface area contributed by atoms with Crippen LogP contribution in [-0.4, -0.2) is 14.7 Å². The fraction of sp³-hybridized carbons (Fsp3) is 0.167. The van der Waals surface area contributed by atoms with Gasteiger partial charge in [0.2, 0.25) is 0 Å². The van der Waals surface area contributed by atoms with Gasteiger partial charge in [-0.3, -0.25) is 0 Å². The fourth-order valence-corrected chi connectivity index (χ4v) is 6.22. The van der Waals surface area contributed by atoms with Crippen molar-refractivity contribution in [1.29, 1.82) is 0 Å². The van der Waals surface area contributed by atoms with Gasteiger partial charge in [-0.2, -0.15) is 0 Å². The smallest absolute Gasteiger partial charge is 0.175 e. The molecule has 0 bridgehead atoms. The van der Waals surface area contributed by atoms with E-state index < -0.39 is 9.84 Å². The Morgan fingerprint density at radius 3 is 2.00 bits per heavy atom. The Morgan fingerprint density at radius 2 is 1.46 bits per heavy atom. The van der Waals surface area contributed by atoms with Crippen LogP contribution in [-0.2, 0) is 9.84 Å². The van der Waals surface area contributed by atoms with Gasteiger partial charge in [0, 0.05) is 11.8 Å². The standard InChI is InChI=1S/C18H16O2S4/c1-11-8-12(2)10-14(9-11)16-17(22-23-18(16)21)13-4-6-15(7-5-13)24(3,19)20/h4-10H,1-3H3. The lowest BCUT2D eigenvalue weighted by Gasteiger charge is -2.07. The summed E-state index contributed by atoms with van der Waals surface area (Å²) in [6, 6.07) is 13.5. The van der Waals surface area contributed by atoms with E-state index in [4.69, 9.17) is 12.2 Å². The first-order valence-electron chi connectivity index (χ1n) is 7.28. The minimum Gasteiger partial charge on any atom is -0.224 e. The molecule has 1 heterocycles. The molecule has 0 unspecified atom stereocenters. The first kappa shape index (κ1) is 17.5. The van der Waals surface area contributed by atoms with Crippen molar-refractivity contribution in [3.63, 3.8) is 0 Å².